The number of piperidine rings is 1. The Bertz CT molecular complexity index is 942. The number of pyridine rings is 1. The van der Waals surface area contributed by atoms with Crippen molar-refractivity contribution in [2.45, 2.75) is 12.8 Å². The van der Waals surface area contributed by atoms with Crippen molar-refractivity contribution in [3.05, 3.63) is 53.5 Å². The normalized spacial score (nSPS) is 15.7. The lowest BCUT2D eigenvalue weighted by Gasteiger charge is -2.29. The van der Waals surface area contributed by atoms with Crippen LogP contribution in [0.5, 0.6) is 0 Å². The van der Waals surface area contributed by atoms with Crippen LogP contribution in [-0.4, -0.2) is 56.3 Å². The first-order valence-corrected chi connectivity index (χ1v) is 9.16. The molecule has 0 amide bonds. The monoisotopic (exact) mass is 365 g/mol. The summed E-state index contributed by atoms with van der Waals surface area (Å²) in [4.78, 5) is 27.7. The third-order valence-electron chi connectivity index (χ3n) is 5.04. The molecule has 2 N–H and O–H groups in total. The number of nitrogens with zero attached hydrogens (tertiary/aromatic N) is 5. The van der Waals surface area contributed by atoms with Gasteiger partial charge in [-0.2, -0.15) is 0 Å². The van der Waals surface area contributed by atoms with Crippen LogP contribution in [0, 0.1) is 5.92 Å². The molecule has 4 heterocycles. The molecule has 1 saturated heterocycles. The first-order chi connectivity index (χ1) is 13.2. The van der Waals surface area contributed by atoms with E-state index in [0.29, 0.717) is 17.3 Å². The van der Waals surface area contributed by atoms with Gasteiger partial charge < -0.3 is 10.2 Å². The second-order valence-corrected chi connectivity index (χ2v) is 6.96. The molecule has 8 heteroatoms. The molecule has 0 bridgehead atoms. The van der Waals surface area contributed by atoms with Crippen molar-refractivity contribution in [3.8, 4) is 16.9 Å². The summed E-state index contributed by atoms with van der Waals surface area (Å²) in [6.07, 6.45) is 8.87. The fraction of sp³-hybridized carbons (Fsp3) is 0.368. The third-order valence-corrected chi connectivity index (χ3v) is 5.04. The number of hydrogen-bond acceptors (Lipinski definition) is 6. The lowest BCUT2D eigenvalue weighted by atomic mass is 9.97. The molecular weight excluding hydrogens is 342 g/mol. The number of aromatic nitrogens is 5. The molecule has 1 aliphatic heterocycles. The average Bonchev–Trinajstić information content (AvgIpc) is 3.10. The molecule has 8 nitrogen and oxygen atoms in total. The van der Waals surface area contributed by atoms with Crippen LogP contribution >= 0.6 is 0 Å². The van der Waals surface area contributed by atoms with Crippen molar-refractivity contribution in [1.29, 1.82) is 0 Å². The van der Waals surface area contributed by atoms with E-state index in [0.717, 1.165) is 31.0 Å². The maximum atomic E-state index is 12.7. The Labute approximate surface area is 157 Å². The summed E-state index contributed by atoms with van der Waals surface area (Å²) in [6, 6.07) is 5.46. The first kappa shape index (κ1) is 17.4. The Morgan fingerprint density at radius 3 is 2.93 bits per heavy atom. The van der Waals surface area contributed by atoms with E-state index in [1.54, 1.807) is 24.7 Å². The van der Waals surface area contributed by atoms with E-state index in [2.05, 4.69) is 37.3 Å². The van der Waals surface area contributed by atoms with Crippen molar-refractivity contribution in [3.63, 3.8) is 0 Å². The molecule has 4 rings (SSSR count). The second kappa shape index (κ2) is 7.71. The molecule has 0 spiro atoms. The Balaban J connectivity index is 1.50. The van der Waals surface area contributed by atoms with Crippen LogP contribution < -0.4 is 10.9 Å². The average molecular weight is 365 g/mol. The van der Waals surface area contributed by atoms with Gasteiger partial charge in [0.25, 0.3) is 5.56 Å². The predicted molar refractivity (Wildman–Crippen MR) is 104 cm³/mol. The van der Waals surface area contributed by atoms with Crippen LogP contribution in [0.15, 0.2) is 47.9 Å². The van der Waals surface area contributed by atoms with Gasteiger partial charge >= 0.3 is 0 Å². The van der Waals surface area contributed by atoms with Crippen molar-refractivity contribution < 1.29 is 0 Å². The number of nitrogens with one attached hydrogen (secondary N) is 2. The van der Waals surface area contributed by atoms with Crippen LogP contribution in [0.1, 0.15) is 12.8 Å². The van der Waals surface area contributed by atoms with E-state index < -0.39 is 0 Å². The summed E-state index contributed by atoms with van der Waals surface area (Å²) < 4.78 is 1.42. The van der Waals surface area contributed by atoms with Gasteiger partial charge in [0.15, 0.2) is 5.82 Å². The number of anilines is 1. The zero-order valence-electron chi connectivity index (χ0n) is 15.3. The van der Waals surface area contributed by atoms with Gasteiger partial charge in [-0.1, -0.05) is 6.07 Å². The molecule has 0 unspecified atom stereocenters. The molecule has 0 aromatic carbocycles. The molecule has 0 atom stereocenters. The zero-order valence-corrected chi connectivity index (χ0v) is 15.3. The minimum atomic E-state index is -0.164. The van der Waals surface area contributed by atoms with Crippen LogP contribution in [0.2, 0.25) is 0 Å². The first-order valence-electron chi connectivity index (χ1n) is 9.16. The van der Waals surface area contributed by atoms with E-state index >= 15 is 0 Å². The summed E-state index contributed by atoms with van der Waals surface area (Å²) in [5, 5.41) is 6.37. The lowest BCUT2D eigenvalue weighted by Crippen LogP contribution is -2.33. The van der Waals surface area contributed by atoms with E-state index in [1.165, 1.54) is 23.9 Å². The second-order valence-electron chi connectivity index (χ2n) is 6.96. The van der Waals surface area contributed by atoms with Crippen LogP contribution in [0.25, 0.3) is 16.9 Å². The zero-order chi connectivity index (χ0) is 18.6. The molecule has 1 aliphatic rings. The number of aromatic amines is 1. The molecule has 1 fully saturated rings. The molecule has 3 aromatic heterocycles. The van der Waals surface area contributed by atoms with Crippen molar-refractivity contribution in [2.75, 3.05) is 32.0 Å². The maximum absolute atomic E-state index is 12.7. The van der Waals surface area contributed by atoms with E-state index in [9.17, 15) is 4.79 Å². The van der Waals surface area contributed by atoms with E-state index in [-0.39, 0.29) is 5.56 Å². The Kier molecular flexibility index (Phi) is 4.97. The summed E-state index contributed by atoms with van der Waals surface area (Å²) in [5.41, 5.74) is 1.16. The van der Waals surface area contributed by atoms with Crippen molar-refractivity contribution in [2.24, 2.45) is 5.92 Å². The Hall–Kier alpha value is -3.00. The molecule has 0 saturated carbocycles. The molecule has 0 aliphatic carbocycles. The Morgan fingerprint density at radius 2 is 2.15 bits per heavy atom. The number of hydrogen-bond donors (Lipinski definition) is 2. The van der Waals surface area contributed by atoms with Gasteiger partial charge in [0, 0.05) is 36.8 Å². The van der Waals surface area contributed by atoms with Gasteiger partial charge in [0.05, 0.1) is 5.56 Å². The van der Waals surface area contributed by atoms with E-state index in [1.807, 2.05) is 12.1 Å². The summed E-state index contributed by atoms with van der Waals surface area (Å²) in [5.74, 6) is 1.88. The smallest absolute Gasteiger partial charge is 0.280 e. The van der Waals surface area contributed by atoms with Gasteiger partial charge in [0.1, 0.15) is 12.1 Å². The van der Waals surface area contributed by atoms with Gasteiger partial charge in [-0.25, -0.2) is 14.6 Å². The number of rotatable bonds is 5. The largest absolute Gasteiger partial charge is 0.370 e. The molecule has 27 heavy (non-hydrogen) atoms. The third kappa shape index (κ3) is 3.90. The minimum Gasteiger partial charge on any atom is -0.370 e. The van der Waals surface area contributed by atoms with Gasteiger partial charge in [-0.3, -0.25) is 14.9 Å². The standard InChI is InChI=1S/C19H23N7O/c1-25-7-4-14(5-8-25)10-21-17-9-18(23-13-22-17)26-19(27)16(12-24-26)15-3-2-6-20-11-15/h2-3,6,9,11-14,24H,4-5,7-8,10H2,1H3,(H,21,22,23). The molecule has 140 valence electrons. The quantitative estimate of drug-likeness (QED) is 0.716. The molecule has 3 aromatic rings. The highest BCUT2D eigenvalue weighted by atomic mass is 16.1. The van der Waals surface area contributed by atoms with Crippen molar-refractivity contribution in [1.82, 2.24) is 29.6 Å². The minimum absolute atomic E-state index is 0.164. The van der Waals surface area contributed by atoms with Gasteiger partial charge in [-0.05, 0) is 45.0 Å². The Morgan fingerprint density at radius 1 is 1.30 bits per heavy atom. The van der Waals surface area contributed by atoms with Crippen LogP contribution in [0.4, 0.5) is 5.82 Å². The number of H-pyrrole nitrogens is 1. The fourth-order valence-electron chi connectivity index (χ4n) is 3.35. The predicted octanol–water partition coefficient (Wildman–Crippen LogP) is 1.77. The fourth-order valence-corrected chi connectivity index (χ4v) is 3.35. The maximum Gasteiger partial charge on any atom is 0.280 e. The lowest BCUT2D eigenvalue weighted by molar-refractivity contribution is 0.226. The molecular formula is C19H23N7O. The topological polar surface area (TPSA) is 91.7 Å². The SMILES string of the molecule is CN1CCC(CNc2cc(-n3[nH]cc(-c4cccnc4)c3=O)ncn2)CC1. The highest BCUT2D eigenvalue weighted by molar-refractivity contribution is 5.60. The highest BCUT2D eigenvalue weighted by Gasteiger charge is 2.17. The highest BCUT2D eigenvalue weighted by Crippen LogP contribution is 2.17. The van der Waals surface area contributed by atoms with E-state index in [4.69, 9.17) is 0 Å². The summed E-state index contributed by atoms with van der Waals surface area (Å²) in [7, 11) is 2.16. The summed E-state index contributed by atoms with van der Waals surface area (Å²) >= 11 is 0. The summed E-state index contributed by atoms with van der Waals surface area (Å²) in [6.45, 7) is 3.15. The number of likely N-dealkylation sites (tertiary alicyclic amines) is 1. The van der Waals surface area contributed by atoms with Crippen LogP contribution in [-0.2, 0) is 0 Å². The molecule has 0 radical (unpaired) electrons. The van der Waals surface area contributed by atoms with Gasteiger partial charge in [-0.15, -0.1) is 0 Å². The van der Waals surface area contributed by atoms with Crippen LogP contribution in [0.3, 0.4) is 0 Å². The van der Waals surface area contributed by atoms with Gasteiger partial charge in [0.2, 0.25) is 0 Å². The van der Waals surface area contributed by atoms with Crippen molar-refractivity contribution >= 4 is 5.82 Å².